The van der Waals surface area contributed by atoms with Gasteiger partial charge in [0.25, 0.3) is 5.91 Å². The maximum absolute atomic E-state index is 12.2. The van der Waals surface area contributed by atoms with Crippen molar-refractivity contribution in [1.82, 2.24) is 10.2 Å². The molecule has 1 aliphatic heterocycles. The number of amides is 3. The van der Waals surface area contributed by atoms with E-state index in [0.717, 1.165) is 11.4 Å². The minimum absolute atomic E-state index is 0.214. The van der Waals surface area contributed by atoms with E-state index in [1.54, 1.807) is 17.1 Å². The lowest BCUT2D eigenvalue weighted by Crippen LogP contribution is -2.61. The van der Waals surface area contributed by atoms with Crippen LogP contribution in [0.4, 0.5) is 10.5 Å². The van der Waals surface area contributed by atoms with Crippen molar-refractivity contribution in [3.8, 4) is 11.5 Å². The van der Waals surface area contributed by atoms with Crippen LogP contribution < -0.4 is 15.4 Å². The van der Waals surface area contributed by atoms with Crippen LogP contribution in [-0.2, 0) is 4.79 Å². The normalized spacial score (nSPS) is 24.2. The number of carbonyl (C=O) groups is 2. The summed E-state index contributed by atoms with van der Waals surface area (Å²) in [6, 6.07) is 15.5. The maximum Gasteiger partial charge on any atom is 0.324 e. The van der Waals surface area contributed by atoms with Crippen LogP contribution in [0.15, 0.2) is 66.7 Å². The molecule has 1 aliphatic carbocycles. The molecule has 3 N–H and O–H groups in total. The number of para-hydroxylation sites is 1. The van der Waals surface area contributed by atoms with E-state index in [9.17, 15) is 14.7 Å². The molecule has 3 unspecified atom stereocenters. The largest absolute Gasteiger partial charge is 0.457 e. The number of aliphatic hydroxyl groups is 1. The Kier molecular flexibility index (Phi) is 4.99. The summed E-state index contributed by atoms with van der Waals surface area (Å²) in [6.45, 7) is 0.231. The molecule has 0 bridgehead atoms. The number of urea groups is 1. The fraction of sp³-hybridized carbons (Fsp3) is 0.238. The Bertz CT molecular complexity index is 882. The van der Waals surface area contributed by atoms with Gasteiger partial charge in [-0.05, 0) is 36.4 Å². The number of nitrogens with zero attached hydrogens (tertiary/aromatic N) is 1. The molecule has 7 heteroatoms. The van der Waals surface area contributed by atoms with Crippen LogP contribution in [0.3, 0.4) is 0 Å². The molecule has 28 heavy (non-hydrogen) atoms. The average molecular weight is 379 g/mol. The highest BCUT2D eigenvalue weighted by molar-refractivity contribution is 6.01. The molecule has 7 nitrogen and oxygen atoms in total. The van der Waals surface area contributed by atoms with Crippen molar-refractivity contribution >= 4 is 17.6 Å². The fourth-order valence-corrected chi connectivity index (χ4v) is 3.36. The van der Waals surface area contributed by atoms with Crippen LogP contribution in [-0.4, -0.2) is 46.7 Å². The molecule has 1 saturated heterocycles. The number of nitrogens with one attached hydrogen (secondary N) is 2. The summed E-state index contributed by atoms with van der Waals surface area (Å²) in [5.74, 6) is 1.07. The van der Waals surface area contributed by atoms with E-state index in [-0.39, 0.29) is 18.5 Å². The van der Waals surface area contributed by atoms with Gasteiger partial charge in [-0.25, -0.2) is 4.79 Å². The van der Waals surface area contributed by atoms with E-state index in [0.29, 0.717) is 12.2 Å². The van der Waals surface area contributed by atoms with Crippen molar-refractivity contribution in [2.24, 2.45) is 0 Å². The predicted molar refractivity (Wildman–Crippen MR) is 104 cm³/mol. The third kappa shape index (κ3) is 3.99. The number of rotatable bonds is 5. The van der Waals surface area contributed by atoms with Gasteiger partial charge in [0.05, 0.1) is 18.7 Å². The van der Waals surface area contributed by atoms with Crippen molar-refractivity contribution < 1.29 is 19.4 Å². The Morgan fingerprint density at radius 3 is 2.39 bits per heavy atom. The lowest BCUT2D eigenvalue weighted by Gasteiger charge is -2.36. The second-order valence-corrected chi connectivity index (χ2v) is 6.84. The highest BCUT2D eigenvalue weighted by Gasteiger charge is 2.36. The molecular weight excluding hydrogens is 358 g/mol. The van der Waals surface area contributed by atoms with Gasteiger partial charge in [0.2, 0.25) is 0 Å². The number of ether oxygens (including phenoxy) is 1. The number of hydrogen-bond donors (Lipinski definition) is 3. The molecule has 1 heterocycles. The first-order chi connectivity index (χ1) is 13.6. The third-order valence-electron chi connectivity index (χ3n) is 4.80. The molecule has 2 aromatic carbocycles. The zero-order valence-corrected chi connectivity index (χ0v) is 15.1. The van der Waals surface area contributed by atoms with Crippen LogP contribution in [0.5, 0.6) is 11.5 Å². The Labute approximate surface area is 162 Å². The quantitative estimate of drug-likeness (QED) is 0.695. The van der Waals surface area contributed by atoms with Crippen molar-refractivity contribution in [2.75, 3.05) is 11.9 Å². The molecule has 2 aromatic rings. The van der Waals surface area contributed by atoms with Crippen LogP contribution in [0, 0.1) is 0 Å². The molecule has 0 saturated carbocycles. The highest BCUT2D eigenvalue weighted by atomic mass is 16.5. The van der Waals surface area contributed by atoms with Crippen molar-refractivity contribution in [2.45, 2.75) is 24.6 Å². The first-order valence-electron chi connectivity index (χ1n) is 9.16. The van der Waals surface area contributed by atoms with Gasteiger partial charge < -0.3 is 20.1 Å². The molecule has 0 aromatic heterocycles. The predicted octanol–water partition coefficient (Wildman–Crippen LogP) is 2.50. The van der Waals surface area contributed by atoms with Crippen LogP contribution in [0.1, 0.15) is 6.42 Å². The van der Waals surface area contributed by atoms with Crippen LogP contribution in [0.2, 0.25) is 0 Å². The third-order valence-corrected chi connectivity index (χ3v) is 4.80. The molecule has 3 atom stereocenters. The Morgan fingerprint density at radius 1 is 1.00 bits per heavy atom. The van der Waals surface area contributed by atoms with Gasteiger partial charge in [0, 0.05) is 12.1 Å². The Hall–Kier alpha value is -3.32. The molecule has 2 aliphatic rings. The number of aliphatic hydroxyl groups excluding tert-OH is 1. The Balaban J connectivity index is 1.40. The van der Waals surface area contributed by atoms with Gasteiger partial charge in [-0.1, -0.05) is 30.4 Å². The van der Waals surface area contributed by atoms with E-state index in [2.05, 4.69) is 10.6 Å². The first kappa shape index (κ1) is 18.1. The van der Waals surface area contributed by atoms with Crippen LogP contribution >= 0.6 is 0 Å². The summed E-state index contributed by atoms with van der Waals surface area (Å²) in [5.41, 5.74) is 0.747. The lowest BCUT2D eigenvalue weighted by molar-refractivity contribution is -0.122. The minimum atomic E-state index is -0.579. The van der Waals surface area contributed by atoms with E-state index < -0.39 is 18.2 Å². The topological polar surface area (TPSA) is 90.9 Å². The molecule has 3 amide bonds. The first-order valence-corrected chi connectivity index (χ1v) is 9.16. The van der Waals surface area contributed by atoms with Gasteiger partial charge in [-0.15, -0.1) is 0 Å². The number of carbonyl (C=O) groups excluding carboxylic acids is 2. The summed E-state index contributed by atoms with van der Waals surface area (Å²) in [7, 11) is 0. The van der Waals surface area contributed by atoms with Crippen molar-refractivity contribution in [1.29, 1.82) is 0 Å². The lowest BCUT2D eigenvalue weighted by atomic mass is 10.1. The molecule has 144 valence electrons. The summed E-state index contributed by atoms with van der Waals surface area (Å²) in [6.07, 6.45) is 3.36. The second-order valence-electron chi connectivity index (χ2n) is 6.84. The van der Waals surface area contributed by atoms with Crippen molar-refractivity contribution in [3.05, 3.63) is 66.7 Å². The zero-order chi connectivity index (χ0) is 19.5. The van der Waals surface area contributed by atoms with Crippen LogP contribution in [0.25, 0.3) is 0 Å². The van der Waals surface area contributed by atoms with Gasteiger partial charge in [0.1, 0.15) is 17.5 Å². The molecule has 4 rings (SSSR count). The molecular formula is C21H21N3O4. The Morgan fingerprint density at radius 2 is 1.71 bits per heavy atom. The van der Waals surface area contributed by atoms with E-state index in [1.807, 2.05) is 54.6 Å². The zero-order valence-electron chi connectivity index (χ0n) is 15.1. The SMILES string of the molecule is O=C1NC(=O)N(C2C=CC(O)C2)CC1Nc1ccc(Oc2ccccc2)cc1. The van der Waals surface area contributed by atoms with E-state index in [1.165, 1.54) is 0 Å². The molecule has 1 fully saturated rings. The molecule has 0 radical (unpaired) electrons. The smallest absolute Gasteiger partial charge is 0.324 e. The highest BCUT2D eigenvalue weighted by Crippen LogP contribution is 2.24. The summed E-state index contributed by atoms with van der Waals surface area (Å²) in [5, 5.41) is 15.2. The van der Waals surface area contributed by atoms with E-state index in [4.69, 9.17) is 4.74 Å². The van der Waals surface area contributed by atoms with Gasteiger partial charge in [-0.3, -0.25) is 10.1 Å². The summed E-state index contributed by atoms with van der Waals surface area (Å²) in [4.78, 5) is 25.9. The van der Waals surface area contributed by atoms with Gasteiger partial charge in [0.15, 0.2) is 0 Å². The van der Waals surface area contributed by atoms with Gasteiger partial charge in [-0.2, -0.15) is 0 Å². The number of benzene rings is 2. The summed E-state index contributed by atoms with van der Waals surface area (Å²) >= 11 is 0. The minimum Gasteiger partial charge on any atom is -0.457 e. The van der Waals surface area contributed by atoms with Gasteiger partial charge >= 0.3 is 6.03 Å². The number of imide groups is 1. The second kappa shape index (κ2) is 7.74. The van der Waals surface area contributed by atoms with Crippen molar-refractivity contribution in [3.63, 3.8) is 0 Å². The number of anilines is 1. The molecule has 0 spiro atoms. The average Bonchev–Trinajstić information content (AvgIpc) is 3.12. The summed E-state index contributed by atoms with van der Waals surface area (Å²) < 4.78 is 5.76. The maximum atomic E-state index is 12.2. The number of hydrogen-bond acceptors (Lipinski definition) is 5. The standard InChI is InChI=1S/C21H21N3O4/c25-16-9-8-15(12-16)24-13-19(20(26)23-21(24)27)22-14-6-10-18(11-7-14)28-17-4-2-1-3-5-17/h1-11,15-16,19,22,25H,12-13H2,(H,23,26,27). The monoisotopic (exact) mass is 379 g/mol. The van der Waals surface area contributed by atoms with E-state index >= 15 is 0 Å². The fourth-order valence-electron chi connectivity index (χ4n) is 3.36.